The molecule has 6 nitrogen and oxygen atoms in total. The minimum atomic E-state index is -0.250. The van der Waals surface area contributed by atoms with Crippen LogP contribution in [-0.4, -0.2) is 41.3 Å². The highest BCUT2D eigenvalue weighted by atomic mass is 16.5. The Hall–Kier alpha value is -1.14. The standard InChI is InChI=1S/C4H8O2.C2H6O.CH2O2.H2O/c1-3-6-4(2)5;1-2-3;2-1-3;/h3H2,1-2H3;3H,2H2,1H3;1H,(H,2,3);1H2. The molecule has 0 atom stereocenters. The van der Waals surface area contributed by atoms with E-state index >= 15 is 0 Å². The van der Waals surface area contributed by atoms with Gasteiger partial charge >= 0.3 is 5.97 Å². The van der Waals surface area contributed by atoms with Crippen LogP contribution in [-0.2, 0) is 14.3 Å². The molecule has 0 unspecified atom stereocenters. The number of hydrogen-bond donors (Lipinski definition) is 2. The maximum atomic E-state index is 9.82. The quantitative estimate of drug-likeness (QED) is 0.433. The van der Waals surface area contributed by atoms with Crippen LogP contribution < -0.4 is 0 Å². The third kappa shape index (κ3) is 246. The van der Waals surface area contributed by atoms with Crippen molar-refractivity contribution in [3.05, 3.63) is 0 Å². The van der Waals surface area contributed by atoms with Gasteiger partial charge < -0.3 is 20.4 Å². The lowest BCUT2D eigenvalue weighted by molar-refractivity contribution is -0.140. The summed E-state index contributed by atoms with van der Waals surface area (Å²) in [7, 11) is 0. The Morgan fingerprint density at radius 1 is 1.46 bits per heavy atom. The van der Waals surface area contributed by atoms with Crippen LogP contribution in [0.5, 0.6) is 0 Å². The Morgan fingerprint density at radius 3 is 1.69 bits per heavy atom. The van der Waals surface area contributed by atoms with E-state index in [-0.39, 0.29) is 24.5 Å². The zero-order valence-corrected chi connectivity index (χ0v) is 8.11. The number of ether oxygens (including phenoxy) is 1. The van der Waals surface area contributed by atoms with Gasteiger partial charge in [-0.15, -0.1) is 0 Å². The van der Waals surface area contributed by atoms with Gasteiger partial charge in [0.15, 0.2) is 0 Å². The summed E-state index contributed by atoms with van der Waals surface area (Å²) in [5.41, 5.74) is 0. The molecule has 0 saturated heterocycles. The van der Waals surface area contributed by atoms with Gasteiger partial charge in [0.2, 0.25) is 0 Å². The smallest absolute Gasteiger partial charge is 0.302 e. The van der Waals surface area contributed by atoms with E-state index < -0.39 is 0 Å². The van der Waals surface area contributed by atoms with Crippen molar-refractivity contribution in [2.24, 2.45) is 0 Å². The number of hydrogen-bond acceptors (Lipinski definition) is 4. The Balaban J connectivity index is -0.0000000501. The molecule has 0 fully saturated rings. The number of aliphatic hydroxyl groups is 1. The number of carbonyl (C=O) groups is 2. The molecule has 0 aromatic rings. The Kier molecular flexibility index (Phi) is 53.5. The van der Waals surface area contributed by atoms with Gasteiger partial charge in [0, 0.05) is 13.5 Å². The normalized spacial score (nSPS) is 5.85. The molecule has 0 aliphatic rings. The molecule has 0 aliphatic heterocycles. The molecule has 13 heavy (non-hydrogen) atoms. The molecule has 0 aromatic heterocycles. The van der Waals surface area contributed by atoms with E-state index in [1.807, 2.05) is 0 Å². The topological polar surface area (TPSA) is 115 Å². The summed E-state index contributed by atoms with van der Waals surface area (Å²) in [5, 5.41) is 14.5. The van der Waals surface area contributed by atoms with Gasteiger partial charge in [-0.1, -0.05) is 0 Å². The molecule has 6 heteroatoms. The highest BCUT2D eigenvalue weighted by Gasteiger charge is 1.81. The number of rotatable bonds is 1. The van der Waals surface area contributed by atoms with Gasteiger partial charge in [0.1, 0.15) is 0 Å². The Bertz CT molecular complexity index is 93.0. The first-order valence-electron chi connectivity index (χ1n) is 3.42. The predicted octanol–water partition coefficient (Wildman–Crippen LogP) is -0.556. The van der Waals surface area contributed by atoms with E-state index in [4.69, 9.17) is 15.0 Å². The maximum absolute atomic E-state index is 9.82. The molecule has 0 rings (SSSR count). The molecular formula is C7H18O6. The molecule has 0 amide bonds. The first-order chi connectivity index (χ1) is 5.60. The van der Waals surface area contributed by atoms with Crippen LogP contribution in [0.1, 0.15) is 20.8 Å². The molecule has 4 N–H and O–H groups in total. The summed E-state index contributed by atoms with van der Waals surface area (Å²) in [6, 6.07) is 0. The van der Waals surface area contributed by atoms with E-state index in [1.165, 1.54) is 6.92 Å². The number of aliphatic hydroxyl groups excluding tert-OH is 1. The minimum absolute atomic E-state index is 0. The summed E-state index contributed by atoms with van der Waals surface area (Å²) in [4.78, 5) is 18.2. The molecule has 0 aromatic carbocycles. The Morgan fingerprint density at radius 2 is 1.69 bits per heavy atom. The summed E-state index contributed by atoms with van der Waals surface area (Å²) in [6.45, 7) is 5.33. The second-order valence-electron chi connectivity index (χ2n) is 1.35. The van der Waals surface area contributed by atoms with Gasteiger partial charge in [-0.25, -0.2) is 0 Å². The molecular weight excluding hydrogens is 180 g/mol. The van der Waals surface area contributed by atoms with Gasteiger partial charge in [-0.2, -0.15) is 0 Å². The lowest BCUT2D eigenvalue weighted by Gasteiger charge is -1.89. The number of carboxylic acid groups (broad SMARTS) is 1. The predicted molar refractivity (Wildman–Crippen MR) is 47.4 cm³/mol. The first-order valence-corrected chi connectivity index (χ1v) is 3.42. The van der Waals surface area contributed by atoms with Gasteiger partial charge in [0.25, 0.3) is 6.47 Å². The van der Waals surface area contributed by atoms with E-state index in [2.05, 4.69) is 4.74 Å². The zero-order valence-electron chi connectivity index (χ0n) is 8.11. The number of esters is 1. The summed E-state index contributed by atoms with van der Waals surface area (Å²) in [6.07, 6.45) is 0. The Labute approximate surface area is 77.4 Å². The van der Waals surface area contributed by atoms with Crippen molar-refractivity contribution in [3.63, 3.8) is 0 Å². The van der Waals surface area contributed by atoms with Crippen molar-refractivity contribution in [3.8, 4) is 0 Å². The van der Waals surface area contributed by atoms with Crippen LogP contribution in [0.3, 0.4) is 0 Å². The third-order valence-electron chi connectivity index (χ3n) is 0.348. The van der Waals surface area contributed by atoms with Gasteiger partial charge in [-0.3, -0.25) is 9.59 Å². The fourth-order valence-electron chi connectivity index (χ4n) is 0.203. The van der Waals surface area contributed by atoms with Crippen LogP contribution >= 0.6 is 0 Å². The number of carbonyl (C=O) groups excluding carboxylic acids is 1. The molecule has 0 aliphatic carbocycles. The summed E-state index contributed by atoms with van der Waals surface area (Å²) < 4.78 is 4.40. The van der Waals surface area contributed by atoms with Gasteiger partial charge in [-0.05, 0) is 13.8 Å². The van der Waals surface area contributed by atoms with Crippen molar-refractivity contribution in [1.29, 1.82) is 0 Å². The highest BCUT2D eigenvalue weighted by molar-refractivity contribution is 5.65. The SMILES string of the molecule is CCO.CCOC(C)=O.O.O=CO. The van der Waals surface area contributed by atoms with E-state index in [9.17, 15) is 4.79 Å². The minimum Gasteiger partial charge on any atom is -0.483 e. The molecule has 0 heterocycles. The van der Waals surface area contributed by atoms with Crippen LogP contribution in [0, 0.1) is 0 Å². The fraction of sp³-hybridized carbons (Fsp3) is 0.714. The zero-order chi connectivity index (χ0) is 10.4. The largest absolute Gasteiger partial charge is 0.483 e. The average Bonchev–Trinajstić information content (AvgIpc) is 1.89. The van der Waals surface area contributed by atoms with Crippen molar-refractivity contribution in [1.82, 2.24) is 0 Å². The van der Waals surface area contributed by atoms with E-state index in [1.54, 1.807) is 13.8 Å². The van der Waals surface area contributed by atoms with Crippen LogP contribution in [0.25, 0.3) is 0 Å². The van der Waals surface area contributed by atoms with Crippen LogP contribution in [0.2, 0.25) is 0 Å². The van der Waals surface area contributed by atoms with Crippen molar-refractivity contribution >= 4 is 12.4 Å². The second kappa shape index (κ2) is 30.7. The fourth-order valence-corrected chi connectivity index (χ4v) is 0.203. The average molecular weight is 198 g/mol. The first kappa shape index (κ1) is 22.6. The second-order valence-corrected chi connectivity index (χ2v) is 1.35. The van der Waals surface area contributed by atoms with Crippen LogP contribution in [0.4, 0.5) is 0 Å². The molecule has 0 bridgehead atoms. The summed E-state index contributed by atoms with van der Waals surface area (Å²) in [5.74, 6) is -0.211. The molecule has 0 spiro atoms. The lowest BCUT2D eigenvalue weighted by Crippen LogP contribution is -1.95. The van der Waals surface area contributed by atoms with E-state index in [0.717, 1.165) is 0 Å². The van der Waals surface area contributed by atoms with Crippen LogP contribution in [0.15, 0.2) is 0 Å². The third-order valence-corrected chi connectivity index (χ3v) is 0.348. The monoisotopic (exact) mass is 198 g/mol. The lowest BCUT2D eigenvalue weighted by atomic mass is 10.8. The van der Waals surface area contributed by atoms with Crippen molar-refractivity contribution in [2.75, 3.05) is 13.2 Å². The van der Waals surface area contributed by atoms with Crippen molar-refractivity contribution < 1.29 is 30.0 Å². The highest BCUT2D eigenvalue weighted by Crippen LogP contribution is 1.69. The van der Waals surface area contributed by atoms with E-state index in [0.29, 0.717) is 6.61 Å². The van der Waals surface area contributed by atoms with Crippen molar-refractivity contribution in [2.45, 2.75) is 20.8 Å². The molecule has 0 saturated carbocycles. The van der Waals surface area contributed by atoms with Gasteiger partial charge in [0.05, 0.1) is 6.61 Å². The molecule has 0 radical (unpaired) electrons. The molecule has 82 valence electrons. The summed E-state index contributed by atoms with van der Waals surface area (Å²) >= 11 is 0. The maximum Gasteiger partial charge on any atom is 0.302 e.